The molecule has 0 atom stereocenters. The van der Waals surface area contributed by atoms with Crippen molar-refractivity contribution >= 4 is 39.0 Å². The molecule has 1 aromatic heterocycles. The van der Waals surface area contributed by atoms with E-state index >= 15 is 0 Å². The minimum Gasteiger partial charge on any atom is -0.454 e. The van der Waals surface area contributed by atoms with Crippen LogP contribution >= 0.6 is 0 Å². The Morgan fingerprint density at radius 3 is 1.45 bits per heavy atom. The minimum absolute atomic E-state index is 0.0404. The number of benzene rings is 7. The highest BCUT2D eigenvalue weighted by Crippen LogP contribution is 2.65. The van der Waals surface area contributed by atoms with Crippen molar-refractivity contribution in [3.8, 4) is 22.3 Å². The van der Waals surface area contributed by atoms with Crippen molar-refractivity contribution in [3.05, 3.63) is 185 Å². The fraction of sp³-hybridized carbons (Fsp3) is 0.176. The van der Waals surface area contributed by atoms with Crippen LogP contribution in [0.2, 0.25) is 0 Å². The Morgan fingerprint density at radius 1 is 0.472 bits per heavy atom. The highest BCUT2D eigenvalue weighted by molar-refractivity contribution is 6.20. The summed E-state index contributed by atoms with van der Waals surface area (Å²) < 4.78 is 7.05. The van der Waals surface area contributed by atoms with Crippen LogP contribution in [0.1, 0.15) is 74.9 Å². The van der Waals surface area contributed by atoms with E-state index in [1.54, 1.807) is 0 Å². The third kappa shape index (κ3) is 4.45. The average Bonchev–Trinajstić information content (AvgIpc) is 3.79. The number of hydrogen-bond donors (Lipinski definition) is 0. The van der Waals surface area contributed by atoms with Crippen LogP contribution in [0, 0.1) is 0 Å². The zero-order valence-corrected chi connectivity index (χ0v) is 31.3. The van der Waals surface area contributed by atoms with Crippen molar-refractivity contribution in [2.75, 3.05) is 4.90 Å². The molecule has 10 rings (SSSR count). The standard InChI is InChI=1S/C51H43NO/c1-49(2,3)32-23-27-34(28-24-32)52(35-29-25-33(26-30-35)50(4,5)6)44-31-43-46(47-39-18-10-14-22-45(39)53-48(44)47)38-17-9-13-21-42(38)51(43)40-19-11-7-15-36(40)37-16-8-12-20-41(37)51/h7-31H,1-6H3. The Labute approximate surface area is 312 Å². The van der Waals surface area contributed by atoms with Gasteiger partial charge in [-0.2, -0.15) is 0 Å². The van der Waals surface area contributed by atoms with E-state index in [2.05, 4.69) is 198 Å². The SMILES string of the molecule is CC(C)(C)c1ccc(N(c2ccc(C(C)(C)C)cc2)c2cc3c(c4c2oc2ccccc24)-c2ccccc2C32c3ccccc3-c3ccccc32)cc1. The number of furan rings is 1. The Kier molecular flexibility index (Phi) is 6.65. The van der Waals surface area contributed by atoms with E-state index in [-0.39, 0.29) is 10.8 Å². The van der Waals surface area contributed by atoms with E-state index in [4.69, 9.17) is 4.42 Å². The van der Waals surface area contributed by atoms with Gasteiger partial charge in [0.15, 0.2) is 5.58 Å². The maximum absolute atomic E-state index is 7.05. The summed E-state index contributed by atoms with van der Waals surface area (Å²) in [7, 11) is 0. The van der Waals surface area contributed by atoms with E-state index < -0.39 is 5.41 Å². The molecule has 0 fully saturated rings. The van der Waals surface area contributed by atoms with Crippen molar-refractivity contribution in [1.29, 1.82) is 0 Å². The summed E-state index contributed by atoms with van der Waals surface area (Å²) in [5, 5.41) is 2.31. The van der Waals surface area contributed by atoms with E-state index in [9.17, 15) is 0 Å². The van der Waals surface area contributed by atoms with E-state index in [1.165, 1.54) is 61.0 Å². The molecule has 2 aliphatic carbocycles. The predicted molar refractivity (Wildman–Crippen MR) is 222 cm³/mol. The lowest BCUT2D eigenvalue weighted by Crippen LogP contribution is -2.26. The number of fused-ring (bicyclic) bond motifs is 14. The maximum Gasteiger partial charge on any atom is 0.160 e. The van der Waals surface area contributed by atoms with Crippen LogP contribution in [0.15, 0.2) is 156 Å². The number of para-hydroxylation sites is 1. The zero-order chi connectivity index (χ0) is 36.3. The van der Waals surface area contributed by atoms with E-state index in [0.29, 0.717) is 0 Å². The molecule has 7 aromatic carbocycles. The second-order valence-corrected chi connectivity index (χ2v) is 16.9. The molecule has 8 aromatic rings. The third-order valence-corrected chi connectivity index (χ3v) is 11.8. The van der Waals surface area contributed by atoms with Crippen LogP contribution in [0.4, 0.5) is 17.1 Å². The van der Waals surface area contributed by atoms with Crippen LogP contribution in [0.3, 0.4) is 0 Å². The molecular weight excluding hydrogens is 643 g/mol. The molecule has 2 nitrogen and oxygen atoms in total. The van der Waals surface area contributed by atoms with Gasteiger partial charge < -0.3 is 9.32 Å². The molecule has 0 bridgehead atoms. The molecular formula is C51H43NO. The molecule has 0 N–H and O–H groups in total. The quantitative estimate of drug-likeness (QED) is 0.184. The Hall–Kier alpha value is -5.86. The van der Waals surface area contributed by atoms with Crippen LogP contribution < -0.4 is 4.90 Å². The van der Waals surface area contributed by atoms with Crippen molar-refractivity contribution in [3.63, 3.8) is 0 Å². The first kappa shape index (κ1) is 31.8. The summed E-state index contributed by atoms with van der Waals surface area (Å²) in [4.78, 5) is 2.42. The predicted octanol–water partition coefficient (Wildman–Crippen LogP) is 14.0. The smallest absolute Gasteiger partial charge is 0.160 e. The zero-order valence-electron chi connectivity index (χ0n) is 31.3. The number of anilines is 3. The number of nitrogens with zero attached hydrogens (tertiary/aromatic N) is 1. The molecule has 0 amide bonds. The van der Waals surface area contributed by atoms with Gasteiger partial charge in [0.1, 0.15) is 5.58 Å². The van der Waals surface area contributed by atoms with Gasteiger partial charge in [0.05, 0.1) is 11.1 Å². The van der Waals surface area contributed by atoms with Gasteiger partial charge in [0, 0.05) is 22.1 Å². The lowest BCUT2D eigenvalue weighted by Gasteiger charge is -2.32. The molecule has 2 aliphatic rings. The molecule has 1 heterocycles. The monoisotopic (exact) mass is 685 g/mol. The maximum atomic E-state index is 7.05. The number of hydrogen-bond acceptors (Lipinski definition) is 2. The first-order chi connectivity index (χ1) is 25.6. The second kappa shape index (κ2) is 11.1. The summed E-state index contributed by atoms with van der Waals surface area (Å²) in [6.07, 6.45) is 0. The second-order valence-electron chi connectivity index (χ2n) is 16.9. The molecule has 53 heavy (non-hydrogen) atoms. The fourth-order valence-corrected chi connectivity index (χ4v) is 9.26. The average molecular weight is 686 g/mol. The molecule has 258 valence electrons. The summed E-state index contributed by atoms with van der Waals surface area (Å²) in [6.45, 7) is 13.7. The van der Waals surface area contributed by atoms with Crippen molar-refractivity contribution in [2.45, 2.75) is 57.8 Å². The summed E-state index contributed by atoms with van der Waals surface area (Å²) >= 11 is 0. The van der Waals surface area contributed by atoms with Gasteiger partial charge in [-0.1, -0.05) is 157 Å². The van der Waals surface area contributed by atoms with Gasteiger partial charge in [-0.3, -0.25) is 0 Å². The summed E-state index contributed by atoms with van der Waals surface area (Å²) in [5.41, 5.74) is 17.7. The van der Waals surface area contributed by atoms with Gasteiger partial charge in [-0.15, -0.1) is 0 Å². The van der Waals surface area contributed by atoms with Crippen molar-refractivity contribution in [2.24, 2.45) is 0 Å². The van der Waals surface area contributed by atoms with Gasteiger partial charge in [-0.05, 0) is 103 Å². The Balaban J connectivity index is 1.36. The minimum atomic E-state index is -0.488. The topological polar surface area (TPSA) is 16.4 Å². The normalized spacial score (nSPS) is 14.0. The first-order valence-corrected chi connectivity index (χ1v) is 18.9. The molecule has 2 heteroatoms. The lowest BCUT2D eigenvalue weighted by molar-refractivity contribution is 0.590. The van der Waals surface area contributed by atoms with Gasteiger partial charge in [0.25, 0.3) is 0 Å². The summed E-state index contributed by atoms with van der Waals surface area (Å²) in [6, 6.07) is 56.5. The molecule has 1 spiro atoms. The van der Waals surface area contributed by atoms with Gasteiger partial charge >= 0.3 is 0 Å². The van der Waals surface area contributed by atoms with Gasteiger partial charge in [0.2, 0.25) is 0 Å². The van der Waals surface area contributed by atoms with Crippen molar-refractivity contribution < 1.29 is 4.42 Å². The Morgan fingerprint density at radius 2 is 0.925 bits per heavy atom. The van der Waals surface area contributed by atoms with Crippen LogP contribution in [0.5, 0.6) is 0 Å². The van der Waals surface area contributed by atoms with Crippen LogP contribution in [-0.4, -0.2) is 0 Å². The number of rotatable bonds is 3. The fourth-order valence-electron chi connectivity index (χ4n) is 9.26. The first-order valence-electron chi connectivity index (χ1n) is 18.9. The molecule has 0 saturated carbocycles. The molecule has 0 aliphatic heterocycles. The highest BCUT2D eigenvalue weighted by Gasteiger charge is 2.52. The van der Waals surface area contributed by atoms with E-state index in [1.807, 2.05) is 0 Å². The third-order valence-electron chi connectivity index (χ3n) is 11.8. The van der Waals surface area contributed by atoms with E-state index in [0.717, 1.165) is 33.6 Å². The van der Waals surface area contributed by atoms with Crippen molar-refractivity contribution in [1.82, 2.24) is 0 Å². The van der Waals surface area contributed by atoms with Gasteiger partial charge in [-0.25, -0.2) is 0 Å². The summed E-state index contributed by atoms with van der Waals surface area (Å²) in [5.74, 6) is 0. The lowest BCUT2D eigenvalue weighted by atomic mass is 9.70. The molecule has 0 unspecified atom stereocenters. The van der Waals surface area contributed by atoms with Crippen LogP contribution in [0.25, 0.3) is 44.2 Å². The van der Waals surface area contributed by atoms with Crippen LogP contribution in [-0.2, 0) is 16.2 Å². The highest BCUT2D eigenvalue weighted by atomic mass is 16.3. The molecule has 0 radical (unpaired) electrons. The Bertz CT molecular complexity index is 2630. The molecule has 0 saturated heterocycles. The largest absolute Gasteiger partial charge is 0.454 e.